The molecule has 0 spiro atoms. The average molecular weight is 251 g/mol. The van der Waals surface area contributed by atoms with E-state index in [2.05, 4.69) is 0 Å². The first kappa shape index (κ1) is 12.6. The number of halogens is 4. The SMILES string of the molecule is N#CCCn1cc(C(F)(F)F)cc(Cl)c1=O. The zero-order valence-corrected chi connectivity index (χ0v) is 8.64. The second-order valence-corrected chi connectivity index (χ2v) is 3.39. The number of hydrogen-bond donors (Lipinski definition) is 0. The summed E-state index contributed by atoms with van der Waals surface area (Å²) >= 11 is 5.39. The minimum absolute atomic E-state index is 0.0580. The van der Waals surface area contributed by atoms with Crippen LogP contribution in [0.15, 0.2) is 17.1 Å². The van der Waals surface area contributed by atoms with Gasteiger partial charge in [0.1, 0.15) is 5.02 Å². The molecule has 0 saturated heterocycles. The molecule has 3 nitrogen and oxygen atoms in total. The molecule has 86 valence electrons. The van der Waals surface area contributed by atoms with Gasteiger partial charge in [0, 0.05) is 12.7 Å². The van der Waals surface area contributed by atoms with Crippen molar-refractivity contribution in [3.8, 4) is 6.07 Å². The van der Waals surface area contributed by atoms with Gasteiger partial charge in [0.15, 0.2) is 0 Å². The second-order valence-electron chi connectivity index (χ2n) is 2.98. The van der Waals surface area contributed by atoms with Crippen molar-refractivity contribution in [1.29, 1.82) is 5.26 Å². The lowest BCUT2D eigenvalue weighted by Gasteiger charge is -2.10. The predicted molar refractivity (Wildman–Crippen MR) is 50.9 cm³/mol. The normalized spacial score (nSPS) is 11.2. The van der Waals surface area contributed by atoms with Gasteiger partial charge in [-0.05, 0) is 6.07 Å². The van der Waals surface area contributed by atoms with Crippen molar-refractivity contribution in [2.24, 2.45) is 0 Å². The van der Waals surface area contributed by atoms with Gasteiger partial charge in [-0.3, -0.25) is 4.79 Å². The monoisotopic (exact) mass is 250 g/mol. The molecule has 0 aliphatic rings. The van der Waals surface area contributed by atoms with E-state index in [1.807, 2.05) is 0 Å². The van der Waals surface area contributed by atoms with Gasteiger partial charge in [0.25, 0.3) is 5.56 Å². The summed E-state index contributed by atoms with van der Waals surface area (Å²) in [6, 6.07) is 2.31. The van der Waals surface area contributed by atoms with Gasteiger partial charge < -0.3 is 4.57 Å². The smallest absolute Gasteiger partial charge is 0.313 e. The fraction of sp³-hybridized carbons (Fsp3) is 0.333. The molecule has 0 aliphatic carbocycles. The summed E-state index contributed by atoms with van der Waals surface area (Å²) in [6.45, 7) is -0.112. The predicted octanol–water partition coefficient (Wildman–Crippen LogP) is 2.43. The fourth-order valence-electron chi connectivity index (χ4n) is 1.09. The van der Waals surface area contributed by atoms with Crippen LogP contribution in [-0.2, 0) is 12.7 Å². The second kappa shape index (κ2) is 4.58. The van der Waals surface area contributed by atoms with Crippen molar-refractivity contribution in [2.75, 3.05) is 0 Å². The topological polar surface area (TPSA) is 45.8 Å². The Labute approximate surface area is 93.7 Å². The van der Waals surface area contributed by atoms with Gasteiger partial charge in [-0.1, -0.05) is 11.6 Å². The number of nitriles is 1. The number of alkyl halides is 3. The van der Waals surface area contributed by atoms with E-state index in [0.29, 0.717) is 12.3 Å². The molecule has 1 rings (SSSR count). The highest BCUT2D eigenvalue weighted by Gasteiger charge is 2.31. The third-order valence-corrected chi connectivity index (χ3v) is 2.10. The Hall–Kier alpha value is -1.48. The molecule has 0 aliphatic heterocycles. The van der Waals surface area contributed by atoms with Crippen molar-refractivity contribution in [3.05, 3.63) is 33.2 Å². The minimum Gasteiger partial charge on any atom is -0.313 e. The van der Waals surface area contributed by atoms with E-state index in [0.717, 1.165) is 4.57 Å². The van der Waals surface area contributed by atoms with E-state index in [1.165, 1.54) is 0 Å². The van der Waals surface area contributed by atoms with Gasteiger partial charge >= 0.3 is 6.18 Å². The molecule has 16 heavy (non-hydrogen) atoms. The van der Waals surface area contributed by atoms with E-state index in [-0.39, 0.29) is 13.0 Å². The number of nitrogens with zero attached hydrogens (tertiary/aromatic N) is 2. The van der Waals surface area contributed by atoms with Crippen LogP contribution in [0.4, 0.5) is 13.2 Å². The van der Waals surface area contributed by atoms with Gasteiger partial charge in [0.05, 0.1) is 18.1 Å². The van der Waals surface area contributed by atoms with Crippen LogP contribution in [0.2, 0.25) is 5.02 Å². The lowest BCUT2D eigenvalue weighted by atomic mass is 10.2. The summed E-state index contributed by atoms with van der Waals surface area (Å²) in [7, 11) is 0. The Kier molecular flexibility index (Phi) is 3.60. The molecule has 1 heterocycles. The summed E-state index contributed by atoms with van der Waals surface area (Å²) in [5.74, 6) is 0. The Bertz CT molecular complexity index is 487. The lowest BCUT2D eigenvalue weighted by Crippen LogP contribution is -2.22. The van der Waals surface area contributed by atoms with E-state index in [1.54, 1.807) is 6.07 Å². The number of rotatable bonds is 2. The van der Waals surface area contributed by atoms with Crippen molar-refractivity contribution >= 4 is 11.6 Å². The molecule has 0 unspecified atom stereocenters. The number of hydrogen-bond acceptors (Lipinski definition) is 2. The first-order valence-corrected chi connectivity index (χ1v) is 4.58. The molecule has 0 N–H and O–H groups in total. The molecule has 0 fully saturated rings. The Morgan fingerprint density at radius 2 is 2.12 bits per heavy atom. The molecular formula is C9H6ClF3N2O. The summed E-state index contributed by atoms with van der Waals surface area (Å²) in [6.07, 6.45) is -3.96. The van der Waals surface area contributed by atoms with Crippen LogP contribution in [0.25, 0.3) is 0 Å². The minimum atomic E-state index is -4.56. The highest BCUT2D eigenvalue weighted by atomic mass is 35.5. The molecule has 1 aromatic rings. The maximum Gasteiger partial charge on any atom is 0.417 e. The van der Waals surface area contributed by atoms with Crippen LogP contribution >= 0.6 is 11.6 Å². The summed E-state index contributed by atoms with van der Waals surface area (Å²) in [5.41, 5.74) is -1.74. The van der Waals surface area contributed by atoms with Crippen molar-refractivity contribution in [1.82, 2.24) is 4.57 Å². The maximum atomic E-state index is 12.4. The van der Waals surface area contributed by atoms with E-state index >= 15 is 0 Å². The quantitative estimate of drug-likeness (QED) is 0.809. The Balaban J connectivity index is 3.24. The van der Waals surface area contributed by atoms with E-state index < -0.39 is 22.3 Å². The molecular weight excluding hydrogens is 245 g/mol. The van der Waals surface area contributed by atoms with Crippen molar-refractivity contribution < 1.29 is 13.2 Å². The number of pyridine rings is 1. The van der Waals surface area contributed by atoms with Crippen LogP contribution < -0.4 is 5.56 Å². The molecule has 0 aromatic carbocycles. The zero-order valence-electron chi connectivity index (χ0n) is 7.88. The molecule has 0 amide bonds. The summed E-state index contributed by atoms with van der Waals surface area (Å²) < 4.78 is 37.9. The molecule has 0 radical (unpaired) electrons. The highest BCUT2D eigenvalue weighted by molar-refractivity contribution is 6.30. The van der Waals surface area contributed by atoms with Crippen LogP contribution in [0.5, 0.6) is 0 Å². The summed E-state index contributed by atoms with van der Waals surface area (Å²) in [5, 5.41) is 7.79. The third kappa shape index (κ3) is 2.76. The van der Waals surface area contributed by atoms with Gasteiger partial charge in [-0.15, -0.1) is 0 Å². The van der Waals surface area contributed by atoms with Crippen LogP contribution in [0, 0.1) is 11.3 Å². The first-order chi connectivity index (χ1) is 7.36. The largest absolute Gasteiger partial charge is 0.417 e. The average Bonchev–Trinajstić information content (AvgIpc) is 2.18. The lowest BCUT2D eigenvalue weighted by molar-refractivity contribution is -0.138. The van der Waals surface area contributed by atoms with Gasteiger partial charge in [0.2, 0.25) is 0 Å². The van der Waals surface area contributed by atoms with Gasteiger partial charge in [-0.2, -0.15) is 18.4 Å². The van der Waals surface area contributed by atoms with E-state index in [9.17, 15) is 18.0 Å². The number of aryl methyl sites for hydroxylation is 1. The molecule has 0 saturated carbocycles. The molecule has 7 heteroatoms. The Morgan fingerprint density at radius 3 is 2.62 bits per heavy atom. The molecule has 1 aromatic heterocycles. The van der Waals surface area contributed by atoms with Crippen LogP contribution in [0.3, 0.4) is 0 Å². The maximum absolute atomic E-state index is 12.4. The zero-order chi connectivity index (χ0) is 12.3. The van der Waals surface area contributed by atoms with Crippen LogP contribution in [0.1, 0.15) is 12.0 Å². The van der Waals surface area contributed by atoms with Crippen molar-refractivity contribution in [3.63, 3.8) is 0 Å². The fourth-order valence-corrected chi connectivity index (χ4v) is 1.32. The van der Waals surface area contributed by atoms with Crippen LogP contribution in [-0.4, -0.2) is 4.57 Å². The molecule has 0 bridgehead atoms. The highest BCUT2D eigenvalue weighted by Crippen LogP contribution is 2.29. The number of aromatic nitrogens is 1. The van der Waals surface area contributed by atoms with E-state index in [4.69, 9.17) is 16.9 Å². The van der Waals surface area contributed by atoms with Crippen molar-refractivity contribution in [2.45, 2.75) is 19.1 Å². The standard InChI is InChI=1S/C9H6ClF3N2O/c10-7-4-6(9(11,12)13)5-15(8(7)16)3-1-2-14/h4-5H,1,3H2. The first-order valence-electron chi connectivity index (χ1n) is 4.20. The van der Waals surface area contributed by atoms with Gasteiger partial charge in [-0.25, -0.2) is 0 Å². The Morgan fingerprint density at radius 1 is 1.50 bits per heavy atom. The molecule has 0 atom stereocenters. The third-order valence-electron chi connectivity index (χ3n) is 1.83. The summed E-state index contributed by atoms with van der Waals surface area (Å²) in [4.78, 5) is 11.3.